The number of ether oxygens (including phenoxy) is 1. The lowest BCUT2D eigenvalue weighted by Gasteiger charge is -2.28. The Morgan fingerprint density at radius 3 is 2.30 bits per heavy atom. The van der Waals surface area contributed by atoms with Gasteiger partial charge in [-0.25, -0.2) is 0 Å². The van der Waals surface area contributed by atoms with Gasteiger partial charge in [-0.3, -0.25) is 4.68 Å². The van der Waals surface area contributed by atoms with Gasteiger partial charge in [0, 0.05) is 6.54 Å². The number of aromatic nitrogens is 2. The van der Waals surface area contributed by atoms with Gasteiger partial charge in [-0.1, -0.05) is 33.6 Å². The van der Waals surface area contributed by atoms with E-state index in [9.17, 15) is 0 Å². The number of hydrogen-bond acceptors (Lipinski definition) is 3. The van der Waals surface area contributed by atoms with Gasteiger partial charge in [0.15, 0.2) is 5.75 Å². The molecule has 0 aliphatic carbocycles. The van der Waals surface area contributed by atoms with Crippen molar-refractivity contribution in [2.45, 2.75) is 65.5 Å². The molecule has 1 aromatic rings. The highest BCUT2D eigenvalue weighted by molar-refractivity contribution is 5.29. The summed E-state index contributed by atoms with van der Waals surface area (Å²) in [7, 11) is 3.78. The van der Waals surface area contributed by atoms with E-state index >= 15 is 0 Å². The van der Waals surface area contributed by atoms with Gasteiger partial charge in [0.05, 0.1) is 25.0 Å². The topological polar surface area (TPSA) is 39.1 Å². The molecule has 0 bridgehead atoms. The van der Waals surface area contributed by atoms with Crippen LogP contribution < -0.4 is 10.1 Å². The SMILES string of the molecule is CCCC(CCC)C(NC)c1c(OC)cnn1CCC. The van der Waals surface area contributed by atoms with Crippen LogP contribution in [0.25, 0.3) is 0 Å². The average Bonchev–Trinajstić information content (AvgIpc) is 2.84. The van der Waals surface area contributed by atoms with Crippen molar-refractivity contribution in [1.82, 2.24) is 15.1 Å². The molecule has 116 valence electrons. The van der Waals surface area contributed by atoms with Crippen LogP contribution in [0.1, 0.15) is 64.6 Å². The molecule has 0 aliphatic heterocycles. The van der Waals surface area contributed by atoms with Crippen molar-refractivity contribution in [2.24, 2.45) is 5.92 Å². The minimum absolute atomic E-state index is 0.318. The van der Waals surface area contributed by atoms with E-state index in [1.165, 1.54) is 31.4 Å². The maximum absolute atomic E-state index is 5.54. The Balaban J connectivity index is 3.10. The zero-order chi connectivity index (χ0) is 15.0. The third-order valence-electron chi connectivity index (χ3n) is 3.90. The summed E-state index contributed by atoms with van der Waals surface area (Å²) in [6.45, 7) is 7.65. The van der Waals surface area contributed by atoms with E-state index in [1.54, 1.807) is 7.11 Å². The molecule has 0 saturated heterocycles. The van der Waals surface area contributed by atoms with Gasteiger partial charge >= 0.3 is 0 Å². The second kappa shape index (κ2) is 9.01. The van der Waals surface area contributed by atoms with E-state index in [0.717, 1.165) is 18.7 Å². The summed E-state index contributed by atoms with van der Waals surface area (Å²) in [6, 6.07) is 0.318. The molecular weight excluding hydrogens is 250 g/mol. The minimum Gasteiger partial charge on any atom is -0.493 e. The highest BCUT2D eigenvalue weighted by Crippen LogP contribution is 2.34. The zero-order valence-corrected chi connectivity index (χ0v) is 13.8. The van der Waals surface area contributed by atoms with Gasteiger partial charge in [-0.05, 0) is 32.2 Å². The Hall–Kier alpha value is -1.03. The van der Waals surface area contributed by atoms with Crippen LogP contribution in [0, 0.1) is 5.92 Å². The largest absolute Gasteiger partial charge is 0.493 e. The van der Waals surface area contributed by atoms with E-state index in [4.69, 9.17) is 4.74 Å². The molecule has 0 spiro atoms. The summed E-state index contributed by atoms with van der Waals surface area (Å²) in [6.07, 6.45) is 7.84. The van der Waals surface area contributed by atoms with E-state index in [0.29, 0.717) is 12.0 Å². The summed E-state index contributed by atoms with van der Waals surface area (Å²) in [5, 5.41) is 8.01. The van der Waals surface area contributed by atoms with E-state index in [1.807, 2.05) is 13.2 Å². The van der Waals surface area contributed by atoms with Crippen molar-refractivity contribution in [1.29, 1.82) is 0 Å². The number of rotatable bonds is 10. The third-order valence-corrected chi connectivity index (χ3v) is 3.90. The molecule has 4 heteroatoms. The van der Waals surface area contributed by atoms with E-state index < -0.39 is 0 Å². The molecule has 0 amide bonds. The van der Waals surface area contributed by atoms with Crippen LogP contribution in [0.4, 0.5) is 0 Å². The first-order valence-electron chi connectivity index (χ1n) is 8.00. The van der Waals surface area contributed by atoms with Crippen LogP contribution in [0.5, 0.6) is 5.75 Å². The quantitative estimate of drug-likeness (QED) is 0.709. The summed E-state index contributed by atoms with van der Waals surface area (Å²) < 4.78 is 7.65. The molecule has 4 nitrogen and oxygen atoms in total. The summed E-state index contributed by atoms with van der Waals surface area (Å²) in [5.74, 6) is 1.55. The van der Waals surface area contributed by atoms with Crippen molar-refractivity contribution in [2.75, 3.05) is 14.2 Å². The molecule has 1 unspecified atom stereocenters. The van der Waals surface area contributed by atoms with Crippen molar-refractivity contribution in [3.05, 3.63) is 11.9 Å². The molecule has 0 aromatic carbocycles. The Morgan fingerprint density at radius 2 is 1.85 bits per heavy atom. The van der Waals surface area contributed by atoms with Gasteiger partial charge in [0.2, 0.25) is 0 Å². The Bertz CT molecular complexity index is 370. The number of hydrogen-bond donors (Lipinski definition) is 1. The minimum atomic E-state index is 0.318. The van der Waals surface area contributed by atoms with Crippen LogP contribution in [0.15, 0.2) is 6.20 Å². The molecule has 0 radical (unpaired) electrons. The zero-order valence-electron chi connectivity index (χ0n) is 13.8. The van der Waals surface area contributed by atoms with Crippen molar-refractivity contribution in [3.8, 4) is 5.75 Å². The molecule has 1 aromatic heterocycles. The van der Waals surface area contributed by atoms with Crippen molar-refractivity contribution in [3.63, 3.8) is 0 Å². The normalized spacial score (nSPS) is 12.9. The lowest BCUT2D eigenvalue weighted by Crippen LogP contribution is -2.28. The fourth-order valence-corrected chi connectivity index (χ4v) is 3.05. The lowest BCUT2D eigenvalue weighted by atomic mass is 9.88. The molecule has 20 heavy (non-hydrogen) atoms. The van der Waals surface area contributed by atoms with Crippen molar-refractivity contribution < 1.29 is 4.74 Å². The smallest absolute Gasteiger partial charge is 0.161 e. The second-order valence-electron chi connectivity index (χ2n) is 5.43. The van der Waals surface area contributed by atoms with Crippen LogP contribution in [-0.2, 0) is 6.54 Å². The maximum Gasteiger partial charge on any atom is 0.161 e. The molecule has 0 saturated carbocycles. The highest BCUT2D eigenvalue weighted by atomic mass is 16.5. The Morgan fingerprint density at radius 1 is 1.20 bits per heavy atom. The van der Waals surface area contributed by atoms with Gasteiger partial charge in [0.1, 0.15) is 0 Å². The Labute approximate surface area is 123 Å². The summed E-state index contributed by atoms with van der Waals surface area (Å²) in [4.78, 5) is 0. The van der Waals surface area contributed by atoms with Gasteiger partial charge < -0.3 is 10.1 Å². The predicted octanol–water partition coefficient (Wildman–Crippen LogP) is 3.78. The standard InChI is InChI=1S/C16H31N3O/c1-6-9-13(10-7-2)15(17-4)16-14(20-5)12-18-19(16)11-8-3/h12-13,15,17H,6-11H2,1-5H3. The van der Waals surface area contributed by atoms with Gasteiger partial charge in [0.25, 0.3) is 0 Å². The monoisotopic (exact) mass is 281 g/mol. The molecule has 1 rings (SSSR count). The number of aryl methyl sites for hydroxylation is 1. The first-order chi connectivity index (χ1) is 9.73. The fourth-order valence-electron chi connectivity index (χ4n) is 3.05. The Kier molecular flexibility index (Phi) is 7.67. The van der Waals surface area contributed by atoms with Crippen LogP contribution in [0.3, 0.4) is 0 Å². The number of nitrogens with zero attached hydrogens (tertiary/aromatic N) is 2. The van der Waals surface area contributed by atoms with Crippen molar-refractivity contribution >= 4 is 0 Å². The van der Waals surface area contributed by atoms with Crippen LogP contribution in [-0.4, -0.2) is 23.9 Å². The molecule has 1 heterocycles. The fraction of sp³-hybridized carbons (Fsp3) is 0.812. The van der Waals surface area contributed by atoms with Crippen LogP contribution in [0.2, 0.25) is 0 Å². The maximum atomic E-state index is 5.54. The summed E-state index contributed by atoms with van der Waals surface area (Å²) >= 11 is 0. The predicted molar refractivity (Wildman–Crippen MR) is 84.2 cm³/mol. The third kappa shape index (κ3) is 3.98. The molecule has 1 N–H and O–H groups in total. The first kappa shape index (κ1) is 17.0. The van der Waals surface area contributed by atoms with Crippen LogP contribution >= 0.6 is 0 Å². The average molecular weight is 281 g/mol. The first-order valence-corrected chi connectivity index (χ1v) is 8.00. The highest BCUT2D eigenvalue weighted by Gasteiger charge is 2.27. The lowest BCUT2D eigenvalue weighted by molar-refractivity contribution is 0.302. The second-order valence-corrected chi connectivity index (χ2v) is 5.43. The molecule has 0 fully saturated rings. The van der Waals surface area contributed by atoms with E-state index in [-0.39, 0.29) is 0 Å². The molecule has 1 atom stereocenters. The van der Waals surface area contributed by atoms with Gasteiger partial charge in [-0.2, -0.15) is 5.10 Å². The number of methoxy groups -OCH3 is 1. The molecular formula is C16H31N3O. The molecule has 0 aliphatic rings. The summed E-state index contributed by atoms with van der Waals surface area (Å²) in [5.41, 5.74) is 1.21. The van der Waals surface area contributed by atoms with Gasteiger partial charge in [-0.15, -0.1) is 0 Å². The van der Waals surface area contributed by atoms with E-state index in [2.05, 4.69) is 35.9 Å². The number of nitrogens with one attached hydrogen (secondary N) is 1.